The fraction of sp³-hybridized carbons (Fsp3) is 0.286. The second-order valence-corrected chi connectivity index (χ2v) is 7.51. The third-order valence-corrected chi connectivity index (χ3v) is 5.74. The quantitative estimate of drug-likeness (QED) is 0.524. The smallest absolute Gasteiger partial charge is 0.196 e. The number of ketones is 1. The fourth-order valence-corrected chi connectivity index (χ4v) is 3.99. The Hall–Kier alpha value is -2.24. The molecule has 3 aromatic rings. The van der Waals surface area contributed by atoms with Crippen molar-refractivity contribution in [2.45, 2.75) is 24.3 Å². The van der Waals surface area contributed by atoms with Gasteiger partial charge in [0.25, 0.3) is 0 Å². The number of hydrogen-bond donors (Lipinski definition) is 1. The van der Waals surface area contributed by atoms with E-state index in [1.807, 2.05) is 30.5 Å². The lowest BCUT2D eigenvalue weighted by molar-refractivity contribution is 0.103. The van der Waals surface area contributed by atoms with Crippen LogP contribution in [0.1, 0.15) is 34.3 Å². The van der Waals surface area contributed by atoms with Gasteiger partial charge in [-0.15, -0.1) is 11.8 Å². The number of phenolic OH excluding ortho intramolecular Hbond substituents is 1. The summed E-state index contributed by atoms with van der Waals surface area (Å²) in [6.07, 6.45) is 5.88. The molecule has 0 saturated carbocycles. The summed E-state index contributed by atoms with van der Waals surface area (Å²) in [5.74, 6) is 0.141. The van der Waals surface area contributed by atoms with E-state index in [-0.39, 0.29) is 11.5 Å². The molecular formula is C21H21NO3S. The Morgan fingerprint density at radius 2 is 1.88 bits per heavy atom. The Morgan fingerprint density at radius 1 is 1.15 bits per heavy atom. The van der Waals surface area contributed by atoms with Crippen LogP contribution in [-0.2, 0) is 6.54 Å². The van der Waals surface area contributed by atoms with E-state index in [0.29, 0.717) is 23.3 Å². The molecule has 1 N–H and O–H groups in total. The van der Waals surface area contributed by atoms with Crippen molar-refractivity contribution in [2.24, 2.45) is 0 Å². The normalized spacial score (nSPS) is 15.0. The van der Waals surface area contributed by atoms with Crippen molar-refractivity contribution >= 4 is 28.5 Å². The van der Waals surface area contributed by atoms with E-state index in [2.05, 4.69) is 4.90 Å². The second kappa shape index (κ2) is 7.17. The Balaban J connectivity index is 1.76. The van der Waals surface area contributed by atoms with Gasteiger partial charge in [-0.3, -0.25) is 9.69 Å². The number of rotatable bonds is 5. The van der Waals surface area contributed by atoms with E-state index >= 15 is 0 Å². The molecule has 0 aliphatic carbocycles. The molecule has 2 aromatic carbocycles. The van der Waals surface area contributed by atoms with Crippen LogP contribution < -0.4 is 0 Å². The van der Waals surface area contributed by atoms with Crippen molar-refractivity contribution < 1.29 is 14.3 Å². The van der Waals surface area contributed by atoms with Crippen LogP contribution in [0.5, 0.6) is 5.75 Å². The van der Waals surface area contributed by atoms with Gasteiger partial charge >= 0.3 is 0 Å². The van der Waals surface area contributed by atoms with Gasteiger partial charge in [-0.05, 0) is 68.6 Å². The van der Waals surface area contributed by atoms with Gasteiger partial charge in [0.05, 0.1) is 5.56 Å². The number of nitrogens with zero attached hydrogens (tertiary/aromatic N) is 1. The summed E-state index contributed by atoms with van der Waals surface area (Å²) in [5, 5.41) is 11.2. The SMILES string of the molecule is CSc1ccc(C(=O)c2coc3ccc(O)c(CN4CCCC4)c23)cc1. The molecule has 2 heterocycles. The number of benzene rings is 2. The Bertz CT molecular complexity index is 940. The van der Waals surface area contributed by atoms with Crippen molar-refractivity contribution in [3.8, 4) is 5.75 Å². The van der Waals surface area contributed by atoms with Crippen molar-refractivity contribution in [1.82, 2.24) is 4.90 Å². The Morgan fingerprint density at radius 3 is 2.58 bits per heavy atom. The molecule has 134 valence electrons. The zero-order valence-corrected chi connectivity index (χ0v) is 15.5. The van der Waals surface area contributed by atoms with Gasteiger partial charge in [0.15, 0.2) is 5.78 Å². The molecular weight excluding hydrogens is 346 g/mol. The minimum atomic E-state index is -0.0790. The third-order valence-electron chi connectivity index (χ3n) is 5.00. The highest BCUT2D eigenvalue weighted by Gasteiger charge is 2.22. The average Bonchev–Trinajstić information content (AvgIpc) is 3.33. The van der Waals surface area contributed by atoms with Crippen LogP contribution in [0, 0.1) is 0 Å². The van der Waals surface area contributed by atoms with Crippen molar-refractivity contribution in [3.63, 3.8) is 0 Å². The van der Waals surface area contributed by atoms with E-state index < -0.39 is 0 Å². The van der Waals surface area contributed by atoms with Gasteiger partial charge in [-0.25, -0.2) is 0 Å². The first-order valence-electron chi connectivity index (χ1n) is 8.80. The zero-order valence-electron chi connectivity index (χ0n) is 14.7. The molecule has 1 aromatic heterocycles. The van der Waals surface area contributed by atoms with Crippen molar-refractivity contribution in [1.29, 1.82) is 0 Å². The molecule has 5 heteroatoms. The molecule has 0 atom stereocenters. The van der Waals surface area contributed by atoms with Crippen molar-refractivity contribution in [3.05, 3.63) is 59.4 Å². The number of furan rings is 1. The summed E-state index contributed by atoms with van der Waals surface area (Å²) in [7, 11) is 0. The van der Waals surface area contributed by atoms with Crippen LogP contribution >= 0.6 is 11.8 Å². The highest BCUT2D eigenvalue weighted by Crippen LogP contribution is 2.34. The standard InChI is InChI=1S/C21H21NO3S/c1-26-15-6-4-14(5-7-15)21(24)17-13-25-19-9-8-18(23)16(20(17)19)12-22-10-2-3-11-22/h4-9,13,23H,2-3,10-12H2,1H3. The molecule has 0 bridgehead atoms. The highest BCUT2D eigenvalue weighted by atomic mass is 32.2. The molecule has 1 saturated heterocycles. The first-order chi connectivity index (χ1) is 12.7. The molecule has 1 aliphatic rings. The maximum absolute atomic E-state index is 13.1. The maximum Gasteiger partial charge on any atom is 0.196 e. The Kier molecular flexibility index (Phi) is 4.74. The minimum absolute atomic E-state index is 0.0790. The third kappa shape index (κ3) is 3.13. The average molecular weight is 367 g/mol. The van der Waals surface area contributed by atoms with E-state index in [9.17, 15) is 9.90 Å². The number of likely N-dealkylation sites (tertiary alicyclic amines) is 1. The highest BCUT2D eigenvalue weighted by molar-refractivity contribution is 7.98. The van der Waals surface area contributed by atoms with Crippen LogP contribution in [0.4, 0.5) is 0 Å². The summed E-state index contributed by atoms with van der Waals surface area (Å²) < 4.78 is 5.64. The van der Waals surface area contributed by atoms with Crippen LogP contribution in [0.25, 0.3) is 11.0 Å². The lowest BCUT2D eigenvalue weighted by atomic mass is 9.98. The molecule has 4 rings (SSSR count). The number of hydrogen-bond acceptors (Lipinski definition) is 5. The van der Waals surface area contributed by atoms with Gasteiger partial charge in [0.2, 0.25) is 0 Å². The van der Waals surface area contributed by atoms with Gasteiger partial charge in [-0.1, -0.05) is 0 Å². The first-order valence-corrected chi connectivity index (χ1v) is 10.0. The molecule has 0 spiro atoms. The fourth-order valence-electron chi connectivity index (χ4n) is 3.58. The largest absolute Gasteiger partial charge is 0.508 e. The molecule has 4 nitrogen and oxygen atoms in total. The van der Waals surface area contributed by atoms with Gasteiger partial charge in [0, 0.05) is 28.0 Å². The summed E-state index contributed by atoms with van der Waals surface area (Å²) in [6, 6.07) is 11.0. The van der Waals surface area contributed by atoms with Crippen LogP contribution in [0.15, 0.2) is 52.0 Å². The molecule has 1 aliphatic heterocycles. The van der Waals surface area contributed by atoms with Gasteiger partial charge < -0.3 is 9.52 Å². The van der Waals surface area contributed by atoms with Crippen LogP contribution in [0.2, 0.25) is 0 Å². The summed E-state index contributed by atoms with van der Waals surface area (Å²) in [5.41, 5.74) is 2.56. The van der Waals surface area contributed by atoms with Gasteiger partial charge in [0.1, 0.15) is 17.6 Å². The van der Waals surface area contributed by atoms with Gasteiger partial charge in [-0.2, -0.15) is 0 Å². The Labute approximate surface area is 156 Å². The summed E-state index contributed by atoms with van der Waals surface area (Å²) in [6.45, 7) is 2.68. The zero-order chi connectivity index (χ0) is 18.1. The topological polar surface area (TPSA) is 53.7 Å². The molecule has 0 unspecified atom stereocenters. The first kappa shape index (κ1) is 17.2. The molecule has 0 amide bonds. The van der Waals surface area contributed by atoms with E-state index in [1.54, 1.807) is 23.9 Å². The van der Waals surface area contributed by atoms with E-state index in [4.69, 9.17) is 4.42 Å². The van der Waals surface area contributed by atoms with E-state index in [0.717, 1.165) is 28.9 Å². The minimum Gasteiger partial charge on any atom is -0.508 e. The number of aromatic hydroxyl groups is 1. The lowest BCUT2D eigenvalue weighted by Crippen LogP contribution is -2.18. The number of carbonyl (C=O) groups is 1. The summed E-state index contributed by atoms with van der Waals surface area (Å²) >= 11 is 1.64. The summed E-state index contributed by atoms with van der Waals surface area (Å²) in [4.78, 5) is 16.5. The molecule has 1 fully saturated rings. The van der Waals surface area contributed by atoms with Crippen LogP contribution in [-0.4, -0.2) is 35.1 Å². The number of fused-ring (bicyclic) bond motifs is 1. The lowest BCUT2D eigenvalue weighted by Gasteiger charge is -2.16. The predicted octanol–water partition coefficient (Wildman–Crippen LogP) is 4.69. The monoisotopic (exact) mass is 367 g/mol. The second-order valence-electron chi connectivity index (χ2n) is 6.63. The maximum atomic E-state index is 13.1. The predicted molar refractivity (Wildman–Crippen MR) is 104 cm³/mol. The van der Waals surface area contributed by atoms with Crippen molar-refractivity contribution in [2.75, 3.05) is 19.3 Å². The number of phenols is 1. The van der Waals surface area contributed by atoms with Crippen LogP contribution in [0.3, 0.4) is 0 Å². The molecule has 26 heavy (non-hydrogen) atoms. The van der Waals surface area contributed by atoms with E-state index in [1.165, 1.54) is 19.1 Å². The molecule has 0 radical (unpaired) electrons. The number of carbonyl (C=O) groups excluding carboxylic acids is 1. The number of thioether (sulfide) groups is 1.